The average Bonchev–Trinajstić information content (AvgIpc) is 3.08. The van der Waals surface area contributed by atoms with Gasteiger partial charge in [-0.05, 0) is 31.2 Å². The second kappa shape index (κ2) is 4.59. The Balaban J connectivity index is 1.63. The summed E-state index contributed by atoms with van der Waals surface area (Å²) in [5.41, 5.74) is 0.696. The van der Waals surface area contributed by atoms with Crippen molar-refractivity contribution in [2.24, 2.45) is 11.3 Å². The summed E-state index contributed by atoms with van der Waals surface area (Å²) in [4.78, 5) is 25.7. The highest BCUT2D eigenvalue weighted by molar-refractivity contribution is 5.95. The monoisotopic (exact) mass is 305 g/mol. The van der Waals surface area contributed by atoms with Gasteiger partial charge in [-0.2, -0.15) is 0 Å². The van der Waals surface area contributed by atoms with Gasteiger partial charge in [0.25, 0.3) is 5.91 Å². The first-order valence-electron chi connectivity index (χ1n) is 7.74. The third kappa shape index (κ3) is 1.76. The number of aromatic carboxylic acids is 1. The molecule has 0 aromatic carbocycles. The number of hydrogen-bond donors (Lipinski definition) is 1. The predicted molar refractivity (Wildman–Crippen MR) is 75.8 cm³/mol. The van der Waals surface area contributed by atoms with Crippen molar-refractivity contribution in [3.8, 4) is 0 Å². The maximum absolute atomic E-state index is 12.8. The van der Waals surface area contributed by atoms with Gasteiger partial charge in [-0.1, -0.05) is 6.42 Å². The van der Waals surface area contributed by atoms with Crippen LogP contribution in [0.2, 0.25) is 0 Å². The minimum Gasteiger partial charge on any atom is -0.475 e. The van der Waals surface area contributed by atoms with E-state index in [1.165, 1.54) is 12.5 Å². The summed E-state index contributed by atoms with van der Waals surface area (Å²) in [5, 5.41) is 9.07. The molecule has 0 bridgehead atoms. The van der Waals surface area contributed by atoms with Gasteiger partial charge >= 0.3 is 5.97 Å². The SMILES string of the molecule is Cc1cc(C(=O)N2CC3(CCC3)[C@@H]3COC[C@@H]32)oc1C(=O)O. The standard InChI is InChI=1S/C16H19NO5/c1-9-5-12(22-13(9)15(19)20)14(18)17-8-16(3-2-4-16)10-6-21-7-11(10)17/h5,10-11H,2-4,6-8H2,1H3,(H,19,20)/t10-,11+/m1/s1. The van der Waals surface area contributed by atoms with Gasteiger partial charge in [-0.15, -0.1) is 0 Å². The average molecular weight is 305 g/mol. The Labute approximate surface area is 128 Å². The van der Waals surface area contributed by atoms with E-state index in [0.717, 1.165) is 26.0 Å². The van der Waals surface area contributed by atoms with Crippen LogP contribution in [0.1, 0.15) is 45.9 Å². The molecule has 1 amide bonds. The van der Waals surface area contributed by atoms with E-state index in [1.54, 1.807) is 6.92 Å². The highest BCUT2D eigenvalue weighted by Crippen LogP contribution is 2.55. The number of carboxylic acids is 1. The maximum Gasteiger partial charge on any atom is 0.372 e. The third-order valence-corrected chi connectivity index (χ3v) is 5.66. The second-order valence-electron chi connectivity index (χ2n) is 6.79. The van der Waals surface area contributed by atoms with E-state index < -0.39 is 5.97 Å². The quantitative estimate of drug-likeness (QED) is 0.903. The van der Waals surface area contributed by atoms with Crippen LogP contribution >= 0.6 is 0 Å². The number of hydrogen-bond acceptors (Lipinski definition) is 4. The van der Waals surface area contributed by atoms with Crippen molar-refractivity contribution >= 4 is 11.9 Å². The van der Waals surface area contributed by atoms with Crippen LogP contribution in [-0.4, -0.2) is 47.7 Å². The number of fused-ring (bicyclic) bond motifs is 2. The largest absolute Gasteiger partial charge is 0.475 e. The molecule has 1 spiro atoms. The molecule has 1 aliphatic carbocycles. The summed E-state index contributed by atoms with van der Waals surface area (Å²) in [6.45, 7) is 3.69. The van der Waals surface area contributed by atoms with E-state index in [9.17, 15) is 9.59 Å². The van der Waals surface area contributed by atoms with Gasteiger partial charge in [0.05, 0.1) is 19.3 Å². The zero-order valence-electron chi connectivity index (χ0n) is 12.5. The van der Waals surface area contributed by atoms with Gasteiger partial charge in [0.1, 0.15) is 0 Å². The molecule has 0 unspecified atom stereocenters. The van der Waals surface area contributed by atoms with Crippen LogP contribution < -0.4 is 0 Å². The number of carbonyl (C=O) groups excluding carboxylic acids is 1. The number of carboxylic acid groups (broad SMARTS) is 1. The molecule has 6 nitrogen and oxygen atoms in total. The number of carbonyl (C=O) groups is 2. The van der Waals surface area contributed by atoms with E-state index in [4.69, 9.17) is 14.3 Å². The van der Waals surface area contributed by atoms with Crippen LogP contribution in [-0.2, 0) is 4.74 Å². The van der Waals surface area contributed by atoms with Crippen molar-refractivity contribution in [1.29, 1.82) is 0 Å². The lowest BCUT2D eigenvalue weighted by Gasteiger charge is -2.41. The van der Waals surface area contributed by atoms with Gasteiger partial charge in [0.2, 0.25) is 5.76 Å². The molecule has 1 N–H and O–H groups in total. The highest BCUT2D eigenvalue weighted by atomic mass is 16.5. The summed E-state index contributed by atoms with van der Waals surface area (Å²) < 4.78 is 10.9. The number of furan rings is 1. The minimum absolute atomic E-state index is 0.103. The first-order valence-corrected chi connectivity index (χ1v) is 7.74. The van der Waals surface area contributed by atoms with Gasteiger partial charge in [0.15, 0.2) is 5.76 Å². The molecule has 22 heavy (non-hydrogen) atoms. The van der Waals surface area contributed by atoms with E-state index in [-0.39, 0.29) is 28.9 Å². The normalized spacial score (nSPS) is 28.7. The molecule has 3 heterocycles. The number of likely N-dealkylation sites (tertiary alicyclic amines) is 1. The summed E-state index contributed by atoms with van der Waals surface area (Å²) >= 11 is 0. The van der Waals surface area contributed by atoms with E-state index in [2.05, 4.69) is 0 Å². The Kier molecular flexibility index (Phi) is 2.88. The number of rotatable bonds is 2. The fourth-order valence-corrected chi connectivity index (χ4v) is 4.33. The van der Waals surface area contributed by atoms with Crippen molar-refractivity contribution < 1.29 is 23.8 Å². The highest BCUT2D eigenvalue weighted by Gasteiger charge is 2.58. The summed E-state index contributed by atoms with van der Waals surface area (Å²) in [6.07, 6.45) is 3.52. The van der Waals surface area contributed by atoms with Crippen molar-refractivity contribution in [2.75, 3.05) is 19.8 Å². The molecule has 6 heteroatoms. The number of aryl methyl sites for hydroxylation is 1. The van der Waals surface area contributed by atoms with Crippen molar-refractivity contribution in [2.45, 2.75) is 32.2 Å². The Morgan fingerprint density at radius 1 is 1.36 bits per heavy atom. The Hall–Kier alpha value is -1.82. The van der Waals surface area contributed by atoms with E-state index in [1.807, 2.05) is 4.90 Å². The van der Waals surface area contributed by atoms with Crippen LogP contribution in [0.5, 0.6) is 0 Å². The molecular formula is C16H19NO5. The van der Waals surface area contributed by atoms with Crippen LogP contribution in [0.15, 0.2) is 10.5 Å². The Morgan fingerprint density at radius 3 is 2.73 bits per heavy atom. The molecule has 1 saturated carbocycles. The minimum atomic E-state index is -1.14. The van der Waals surface area contributed by atoms with Crippen LogP contribution in [0.3, 0.4) is 0 Å². The number of ether oxygens (including phenoxy) is 1. The van der Waals surface area contributed by atoms with Crippen LogP contribution in [0, 0.1) is 18.3 Å². The molecule has 3 fully saturated rings. The van der Waals surface area contributed by atoms with Gasteiger partial charge < -0.3 is 19.2 Å². The lowest BCUT2D eigenvalue weighted by Crippen LogP contribution is -2.39. The molecule has 2 aliphatic heterocycles. The summed E-state index contributed by atoms with van der Waals surface area (Å²) in [5.74, 6) is -0.965. The molecule has 2 atom stereocenters. The Bertz CT molecular complexity index is 645. The lowest BCUT2D eigenvalue weighted by atomic mass is 9.62. The summed E-state index contributed by atoms with van der Waals surface area (Å²) in [7, 11) is 0. The molecule has 2 saturated heterocycles. The maximum atomic E-state index is 12.8. The second-order valence-corrected chi connectivity index (χ2v) is 6.79. The summed E-state index contributed by atoms with van der Waals surface area (Å²) in [6, 6.07) is 1.63. The van der Waals surface area contributed by atoms with Crippen molar-refractivity contribution in [3.05, 3.63) is 23.2 Å². The van der Waals surface area contributed by atoms with Gasteiger partial charge in [-0.25, -0.2) is 4.79 Å². The molecule has 118 valence electrons. The molecule has 4 rings (SSSR count). The van der Waals surface area contributed by atoms with Gasteiger partial charge in [-0.3, -0.25) is 4.79 Å². The lowest BCUT2D eigenvalue weighted by molar-refractivity contribution is 0.0435. The number of nitrogens with zero attached hydrogens (tertiary/aromatic N) is 1. The van der Waals surface area contributed by atoms with Crippen molar-refractivity contribution in [1.82, 2.24) is 4.90 Å². The molecular weight excluding hydrogens is 286 g/mol. The van der Waals surface area contributed by atoms with Crippen LogP contribution in [0.4, 0.5) is 0 Å². The molecule has 0 radical (unpaired) electrons. The molecule has 1 aromatic rings. The molecule has 1 aromatic heterocycles. The first kappa shape index (κ1) is 13.8. The van der Waals surface area contributed by atoms with E-state index in [0.29, 0.717) is 18.1 Å². The smallest absolute Gasteiger partial charge is 0.372 e. The fourth-order valence-electron chi connectivity index (χ4n) is 4.33. The Morgan fingerprint density at radius 2 is 2.14 bits per heavy atom. The topological polar surface area (TPSA) is 80.0 Å². The third-order valence-electron chi connectivity index (χ3n) is 5.66. The van der Waals surface area contributed by atoms with Gasteiger partial charge in [0, 0.05) is 18.0 Å². The number of amides is 1. The van der Waals surface area contributed by atoms with Crippen molar-refractivity contribution in [3.63, 3.8) is 0 Å². The fraction of sp³-hybridized carbons (Fsp3) is 0.625. The van der Waals surface area contributed by atoms with E-state index >= 15 is 0 Å². The van der Waals surface area contributed by atoms with Crippen LogP contribution in [0.25, 0.3) is 0 Å². The predicted octanol–water partition coefficient (Wildman–Crippen LogP) is 1.93. The zero-order valence-corrected chi connectivity index (χ0v) is 12.5. The zero-order chi connectivity index (χ0) is 15.5. The first-order chi connectivity index (χ1) is 10.5. The molecule has 3 aliphatic rings.